The van der Waals surface area contributed by atoms with Gasteiger partial charge in [-0.3, -0.25) is 4.90 Å². The van der Waals surface area contributed by atoms with Gasteiger partial charge in [0.25, 0.3) is 0 Å². The van der Waals surface area contributed by atoms with Gasteiger partial charge in [-0.1, -0.05) is 12.1 Å². The van der Waals surface area contributed by atoms with Crippen LogP contribution in [0.4, 0.5) is 0 Å². The van der Waals surface area contributed by atoms with Gasteiger partial charge in [-0.2, -0.15) is 0 Å². The van der Waals surface area contributed by atoms with Crippen molar-refractivity contribution in [3.63, 3.8) is 0 Å². The molecule has 1 aromatic carbocycles. The molecule has 3 heteroatoms. The molecule has 1 atom stereocenters. The summed E-state index contributed by atoms with van der Waals surface area (Å²) in [5.74, 6) is 2.79. The van der Waals surface area contributed by atoms with Gasteiger partial charge < -0.3 is 10.5 Å². The summed E-state index contributed by atoms with van der Waals surface area (Å²) in [4.78, 5) is 2.64. The van der Waals surface area contributed by atoms with Gasteiger partial charge in [-0.15, -0.1) is 0 Å². The third-order valence-electron chi connectivity index (χ3n) is 4.62. The molecule has 2 N–H and O–H groups in total. The Morgan fingerprint density at radius 1 is 1.10 bits per heavy atom. The lowest BCUT2D eigenvalue weighted by molar-refractivity contribution is 0.184. The summed E-state index contributed by atoms with van der Waals surface area (Å²) >= 11 is 0. The molecule has 2 aliphatic rings. The Balaban J connectivity index is 1.69. The van der Waals surface area contributed by atoms with Gasteiger partial charge in [-0.25, -0.2) is 0 Å². The molecule has 3 rings (SSSR count). The van der Waals surface area contributed by atoms with E-state index in [1.807, 2.05) is 6.92 Å². The van der Waals surface area contributed by atoms with Crippen molar-refractivity contribution in [1.82, 2.24) is 4.90 Å². The van der Waals surface area contributed by atoms with Gasteiger partial charge in [-0.05, 0) is 62.1 Å². The molecule has 116 valence electrons. The fourth-order valence-electron chi connectivity index (χ4n) is 3.04. The first-order valence-electron chi connectivity index (χ1n) is 8.47. The summed E-state index contributed by atoms with van der Waals surface area (Å²) in [6.07, 6.45) is 5.62. The summed E-state index contributed by atoms with van der Waals surface area (Å²) < 4.78 is 5.54. The maximum Gasteiger partial charge on any atom is 0.119 e. The highest BCUT2D eigenvalue weighted by atomic mass is 16.5. The van der Waals surface area contributed by atoms with Gasteiger partial charge in [0.1, 0.15) is 5.75 Å². The van der Waals surface area contributed by atoms with E-state index in [1.165, 1.54) is 44.3 Å². The van der Waals surface area contributed by atoms with Crippen LogP contribution in [0.5, 0.6) is 5.75 Å². The fourth-order valence-corrected chi connectivity index (χ4v) is 3.04. The largest absolute Gasteiger partial charge is 0.494 e. The van der Waals surface area contributed by atoms with E-state index in [1.54, 1.807) is 0 Å². The molecule has 2 fully saturated rings. The molecule has 0 aromatic heterocycles. The molecule has 0 spiro atoms. The third-order valence-corrected chi connectivity index (χ3v) is 4.62. The summed E-state index contributed by atoms with van der Waals surface area (Å²) in [6, 6.07) is 8.90. The molecule has 1 aromatic rings. The van der Waals surface area contributed by atoms with E-state index in [2.05, 4.69) is 29.2 Å². The molecule has 1 unspecified atom stereocenters. The average Bonchev–Trinajstić information content (AvgIpc) is 3.38. The Labute approximate surface area is 128 Å². The number of hydrogen-bond acceptors (Lipinski definition) is 3. The van der Waals surface area contributed by atoms with Crippen molar-refractivity contribution in [2.24, 2.45) is 17.6 Å². The van der Waals surface area contributed by atoms with Crippen LogP contribution in [0.3, 0.4) is 0 Å². The summed E-state index contributed by atoms with van der Waals surface area (Å²) in [5.41, 5.74) is 7.46. The van der Waals surface area contributed by atoms with E-state index >= 15 is 0 Å². The van der Waals surface area contributed by atoms with Crippen molar-refractivity contribution in [3.05, 3.63) is 29.8 Å². The van der Waals surface area contributed by atoms with E-state index in [0.29, 0.717) is 12.6 Å². The third kappa shape index (κ3) is 4.21. The van der Waals surface area contributed by atoms with Gasteiger partial charge in [0.15, 0.2) is 0 Å². The van der Waals surface area contributed by atoms with Crippen LogP contribution in [-0.4, -0.2) is 31.1 Å². The van der Waals surface area contributed by atoms with Crippen LogP contribution < -0.4 is 10.5 Å². The lowest BCUT2D eigenvalue weighted by atomic mass is 10.0. The van der Waals surface area contributed by atoms with Crippen molar-refractivity contribution in [2.75, 3.05) is 26.2 Å². The summed E-state index contributed by atoms with van der Waals surface area (Å²) in [6.45, 7) is 5.89. The van der Waals surface area contributed by atoms with Crippen molar-refractivity contribution in [2.45, 2.75) is 38.6 Å². The SMILES string of the molecule is CCOc1ccc(C(CN)N(CC2CC2)CC2CC2)cc1. The predicted molar refractivity (Wildman–Crippen MR) is 86.4 cm³/mol. The van der Waals surface area contributed by atoms with Gasteiger partial charge in [0.2, 0.25) is 0 Å². The van der Waals surface area contributed by atoms with Crippen molar-refractivity contribution in [3.8, 4) is 5.75 Å². The fraction of sp³-hybridized carbons (Fsp3) is 0.667. The van der Waals surface area contributed by atoms with Gasteiger partial charge in [0, 0.05) is 25.7 Å². The van der Waals surface area contributed by atoms with Crippen LogP contribution in [0.15, 0.2) is 24.3 Å². The Morgan fingerprint density at radius 2 is 1.67 bits per heavy atom. The quantitative estimate of drug-likeness (QED) is 0.758. The molecule has 3 nitrogen and oxygen atoms in total. The first kappa shape index (κ1) is 14.9. The maximum atomic E-state index is 6.12. The number of rotatable bonds is 9. The molecule has 2 saturated carbocycles. The second kappa shape index (κ2) is 6.80. The number of benzene rings is 1. The predicted octanol–water partition coefficient (Wildman–Crippen LogP) is 3.21. The number of nitrogens with zero attached hydrogens (tertiary/aromatic N) is 1. The second-order valence-corrected chi connectivity index (χ2v) is 6.59. The maximum absolute atomic E-state index is 6.12. The normalized spacial score (nSPS) is 19.8. The molecular weight excluding hydrogens is 260 g/mol. The molecule has 0 radical (unpaired) electrons. The molecular formula is C18H28N2O. The first-order valence-corrected chi connectivity index (χ1v) is 8.47. The topological polar surface area (TPSA) is 38.5 Å². The lowest BCUT2D eigenvalue weighted by Gasteiger charge is -2.31. The minimum atomic E-state index is 0.363. The molecule has 21 heavy (non-hydrogen) atoms. The van der Waals surface area contributed by atoms with E-state index < -0.39 is 0 Å². The van der Waals surface area contributed by atoms with Crippen LogP contribution in [-0.2, 0) is 0 Å². The zero-order chi connectivity index (χ0) is 14.7. The Kier molecular flexibility index (Phi) is 4.81. The van der Waals surface area contributed by atoms with Crippen molar-refractivity contribution < 1.29 is 4.74 Å². The van der Waals surface area contributed by atoms with Crippen LogP contribution in [0.1, 0.15) is 44.2 Å². The van der Waals surface area contributed by atoms with Gasteiger partial charge >= 0.3 is 0 Å². The van der Waals surface area contributed by atoms with Crippen molar-refractivity contribution >= 4 is 0 Å². The second-order valence-electron chi connectivity index (χ2n) is 6.59. The monoisotopic (exact) mass is 288 g/mol. The molecule has 0 aliphatic heterocycles. The Bertz CT molecular complexity index is 423. The first-order chi connectivity index (χ1) is 10.3. The highest BCUT2D eigenvalue weighted by molar-refractivity contribution is 5.29. The smallest absolute Gasteiger partial charge is 0.119 e. The Hall–Kier alpha value is -1.06. The molecule has 2 aliphatic carbocycles. The highest BCUT2D eigenvalue weighted by Gasteiger charge is 2.32. The highest BCUT2D eigenvalue weighted by Crippen LogP contribution is 2.37. The zero-order valence-corrected chi connectivity index (χ0v) is 13.1. The molecule has 0 saturated heterocycles. The van der Waals surface area contributed by atoms with E-state index in [-0.39, 0.29) is 0 Å². The van der Waals surface area contributed by atoms with Crippen LogP contribution in [0.2, 0.25) is 0 Å². The number of ether oxygens (including phenoxy) is 1. The van der Waals surface area contributed by atoms with Crippen LogP contribution in [0, 0.1) is 11.8 Å². The lowest BCUT2D eigenvalue weighted by Crippen LogP contribution is -2.36. The zero-order valence-electron chi connectivity index (χ0n) is 13.1. The molecule has 0 amide bonds. The van der Waals surface area contributed by atoms with E-state index in [4.69, 9.17) is 10.5 Å². The summed E-state index contributed by atoms with van der Waals surface area (Å²) in [7, 11) is 0. The number of nitrogens with two attached hydrogens (primary N) is 1. The minimum absolute atomic E-state index is 0.363. The van der Waals surface area contributed by atoms with Crippen molar-refractivity contribution in [1.29, 1.82) is 0 Å². The standard InChI is InChI=1S/C18H28N2O/c1-2-21-17-9-7-16(8-10-17)18(11-19)20(12-14-3-4-14)13-15-5-6-15/h7-10,14-15,18H,2-6,11-13,19H2,1H3. The van der Waals surface area contributed by atoms with Gasteiger partial charge in [0.05, 0.1) is 6.61 Å². The van der Waals surface area contributed by atoms with E-state index in [0.717, 1.165) is 24.2 Å². The van der Waals surface area contributed by atoms with Crippen LogP contribution in [0.25, 0.3) is 0 Å². The van der Waals surface area contributed by atoms with Crippen LogP contribution >= 0.6 is 0 Å². The minimum Gasteiger partial charge on any atom is -0.494 e. The number of hydrogen-bond donors (Lipinski definition) is 1. The molecule has 0 heterocycles. The average molecular weight is 288 g/mol. The Morgan fingerprint density at radius 3 is 2.10 bits per heavy atom. The summed E-state index contributed by atoms with van der Waals surface area (Å²) in [5, 5.41) is 0. The van der Waals surface area contributed by atoms with E-state index in [9.17, 15) is 0 Å². The molecule has 0 bridgehead atoms.